The molecule has 0 aromatic heterocycles. The molecule has 0 spiro atoms. The third kappa shape index (κ3) is 4.73. The summed E-state index contributed by atoms with van der Waals surface area (Å²) in [6.45, 7) is 0.324. The molecular formula is C10H12F3NO. The fourth-order valence-corrected chi connectivity index (χ4v) is 1.26. The average molecular weight is 219 g/mol. The number of nitrogens with zero attached hydrogens (tertiary/aromatic N) is 1. The number of terminal acetylenes is 1. The van der Waals surface area contributed by atoms with Gasteiger partial charge in [0, 0.05) is 6.54 Å². The van der Waals surface area contributed by atoms with Crippen LogP contribution in [-0.4, -0.2) is 30.1 Å². The third-order valence-electron chi connectivity index (χ3n) is 2.16. The van der Waals surface area contributed by atoms with Gasteiger partial charge in [-0.15, -0.1) is 6.42 Å². The van der Waals surface area contributed by atoms with Crippen LogP contribution in [0.15, 0.2) is 0 Å². The minimum Gasteiger partial charge on any atom is -0.331 e. The van der Waals surface area contributed by atoms with Crippen molar-refractivity contribution in [2.45, 2.75) is 25.4 Å². The van der Waals surface area contributed by atoms with Crippen LogP contribution in [0, 0.1) is 18.3 Å². The maximum absolute atomic E-state index is 12.0. The van der Waals surface area contributed by atoms with Gasteiger partial charge in [0.05, 0.1) is 6.54 Å². The maximum atomic E-state index is 12.0. The van der Waals surface area contributed by atoms with Gasteiger partial charge in [0.15, 0.2) is 0 Å². The Morgan fingerprint density at radius 1 is 1.47 bits per heavy atom. The zero-order valence-corrected chi connectivity index (χ0v) is 8.18. The summed E-state index contributed by atoms with van der Waals surface area (Å²) in [5.41, 5.74) is 0. The number of alkyl halides is 3. The summed E-state index contributed by atoms with van der Waals surface area (Å²) in [7, 11) is 0. The molecule has 1 saturated carbocycles. The molecule has 1 fully saturated rings. The molecule has 0 unspecified atom stereocenters. The van der Waals surface area contributed by atoms with Gasteiger partial charge in [-0.05, 0) is 18.8 Å². The molecule has 2 nitrogen and oxygen atoms in total. The quantitative estimate of drug-likeness (QED) is 0.660. The molecule has 84 valence electrons. The number of amides is 1. The topological polar surface area (TPSA) is 20.3 Å². The average Bonchev–Trinajstić information content (AvgIpc) is 2.84. The predicted octanol–water partition coefficient (Wildman–Crippen LogP) is 1.81. The minimum atomic E-state index is -4.45. The van der Waals surface area contributed by atoms with Gasteiger partial charge in [-0.3, -0.25) is 4.79 Å². The summed E-state index contributed by atoms with van der Waals surface area (Å²) < 4.78 is 35.9. The van der Waals surface area contributed by atoms with Crippen molar-refractivity contribution >= 4 is 5.91 Å². The number of hydrogen-bond acceptors (Lipinski definition) is 1. The second kappa shape index (κ2) is 4.56. The van der Waals surface area contributed by atoms with E-state index in [0.717, 1.165) is 17.7 Å². The van der Waals surface area contributed by atoms with Crippen LogP contribution in [0.4, 0.5) is 13.2 Å². The first-order chi connectivity index (χ1) is 6.92. The van der Waals surface area contributed by atoms with E-state index in [1.165, 1.54) is 0 Å². The molecule has 1 aliphatic carbocycles. The molecule has 0 bridgehead atoms. The van der Waals surface area contributed by atoms with Crippen molar-refractivity contribution < 1.29 is 18.0 Å². The van der Waals surface area contributed by atoms with Gasteiger partial charge in [-0.2, -0.15) is 13.2 Å². The lowest BCUT2D eigenvalue weighted by atomic mass is 10.3. The second-order valence-corrected chi connectivity index (χ2v) is 3.71. The smallest absolute Gasteiger partial charge is 0.331 e. The summed E-state index contributed by atoms with van der Waals surface area (Å²) in [6.07, 6.45) is 1.08. The van der Waals surface area contributed by atoms with Crippen LogP contribution >= 0.6 is 0 Å². The molecule has 0 aromatic rings. The standard InChI is InChI=1S/C10H12F3NO/c1-2-5-14(7-8-3-4-8)9(15)6-10(11,12)13/h1,8H,3-7H2. The first-order valence-electron chi connectivity index (χ1n) is 4.70. The first kappa shape index (κ1) is 11.9. The zero-order chi connectivity index (χ0) is 11.5. The Bertz CT molecular complexity index is 275. The summed E-state index contributed by atoms with van der Waals surface area (Å²) in [6, 6.07) is 0. The molecule has 15 heavy (non-hydrogen) atoms. The van der Waals surface area contributed by atoms with Crippen molar-refractivity contribution in [1.29, 1.82) is 0 Å². The normalized spacial score (nSPS) is 15.9. The molecular weight excluding hydrogens is 207 g/mol. The predicted molar refractivity (Wildman–Crippen MR) is 48.8 cm³/mol. The largest absolute Gasteiger partial charge is 0.397 e. The number of carbonyl (C=O) groups excluding carboxylic acids is 1. The monoisotopic (exact) mass is 219 g/mol. The fourth-order valence-electron chi connectivity index (χ4n) is 1.26. The molecule has 1 amide bonds. The van der Waals surface area contributed by atoms with Gasteiger partial charge in [-0.25, -0.2) is 0 Å². The molecule has 5 heteroatoms. The fraction of sp³-hybridized carbons (Fsp3) is 0.700. The van der Waals surface area contributed by atoms with E-state index in [2.05, 4.69) is 5.92 Å². The van der Waals surface area contributed by atoms with Gasteiger partial charge in [-0.1, -0.05) is 5.92 Å². The van der Waals surface area contributed by atoms with Gasteiger partial charge < -0.3 is 4.90 Å². The Morgan fingerprint density at radius 3 is 2.47 bits per heavy atom. The van der Waals surface area contributed by atoms with Crippen molar-refractivity contribution in [1.82, 2.24) is 4.90 Å². The molecule has 0 aliphatic heterocycles. The molecule has 1 rings (SSSR count). The summed E-state index contributed by atoms with van der Waals surface area (Å²) in [5, 5.41) is 0. The van der Waals surface area contributed by atoms with Crippen molar-refractivity contribution in [2.75, 3.05) is 13.1 Å². The third-order valence-corrected chi connectivity index (χ3v) is 2.16. The van der Waals surface area contributed by atoms with Crippen molar-refractivity contribution in [3.63, 3.8) is 0 Å². The Kier molecular flexibility index (Phi) is 3.61. The highest BCUT2D eigenvalue weighted by Gasteiger charge is 2.35. The highest BCUT2D eigenvalue weighted by Crippen LogP contribution is 2.30. The Balaban J connectivity index is 2.46. The molecule has 0 radical (unpaired) electrons. The lowest BCUT2D eigenvalue weighted by Crippen LogP contribution is -2.36. The highest BCUT2D eigenvalue weighted by molar-refractivity contribution is 5.77. The van der Waals surface area contributed by atoms with Crippen molar-refractivity contribution in [3.05, 3.63) is 0 Å². The lowest BCUT2D eigenvalue weighted by molar-refractivity contribution is -0.161. The molecule has 0 aromatic carbocycles. The van der Waals surface area contributed by atoms with E-state index in [4.69, 9.17) is 6.42 Å². The van der Waals surface area contributed by atoms with E-state index >= 15 is 0 Å². The number of halogens is 3. The van der Waals surface area contributed by atoms with Crippen LogP contribution < -0.4 is 0 Å². The van der Waals surface area contributed by atoms with Crippen LogP contribution in [0.5, 0.6) is 0 Å². The Morgan fingerprint density at radius 2 is 2.07 bits per heavy atom. The van der Waals surface area contributed by atoms with Gasteiger partial charge in [0.1, 0.15) is 6.42 Å². The van der Waals surface area contributed by atoms with Crippen LogP contribution in [0.3, 0.4) is 0 Å². The Hall–Kier alpha value is -1.18. The van der Waals surface area contributed by atoms with Crippen molar-refractivity contribution in [3.8, 4) is 12.3 Å². The summed E-state index contributed by atoms with van der Waals surface area (Å²) >= 11 is 0. The number of carbonyl (C=O) groups is 1. The first-order valence-corrected chi connectivity index (χ1v) is 4.70. The van der Waals surface area contributed by atoms with E-state index in [9.17, 15) is 18.0 Å². The van der Waals surface area contributed by atoms with Crippen molar-refractivity contribution in [2.24, 2.45) is 5.92 Å². The molecule has 1 aliphatic rings. The van der Waals surface area contributed by atoms with E-state index < -0.39 is 18.5 Å². The maximum Gasteiger partial charge on any atom is 0.397 e. The summed E-state index contributed by atoms with van der Waals surface area (Å²) in [4.78, 5) is 12.3. The van der Waals surface area contributed by atoms with Crippen LogP contribution in [0.1, 0.15) is 19.3 Å². The van der Waals surface area contributed by atoms with Gasteiger partial charge in [0.2, 0.25) is 5.91 Å². The lowest BCUT2D eigenvalue weighted by Gasteiger charge is -2.20. The van der Waals surface area contributed by atoms with Crippen LogP contribution in [0.25, 0.3) is 0 Å². The molecule has 0 atom stereocenters. The van der Waals surface area contributed by atoms with Gasteiger partial charge >= 0.3 is 6.18 Å². The van der Waals surface area contributed by atoms with E-state index in [1.54, 1.807) is 0 Å². The van der Waals surface area contributed by atoms with E-state index in [0.29, 0.717) is 12.5 Å². The van der Waals surface area contributed by atoms with Gasteiger partial charge in [0.25, 0.3) is 0 Å². The molecule has 0 saturated heterocycles. The number of hydrogen-bond donors (Lipinski definition) is 0. The highest BCUT2D eigenvalue weighted by atomic mass is 19.4. The second-order valence-electron chi connectivity index (χ2n) is 3.71. The molecule has 0 heterocycles. The van der Waals surface area contributed by atoms with E-state index in [-0.39, 0.29) is 6.54 Å². The van der Waals surface area contributed by atoms with Crippen LogP contribution in [0.2, 0.25) is 0 Å². The summed E-state index contributed by atoms with van der Waals surface area (Å²) in [5.74, 6) is 1.62. The van der Waals surface area contributed by atoms with Crippen LogP contribution in [-0.2, 0) is 4.79 Å². The Labute approximate surface area is 86.4 Å². The van der Waals surface area contributed by atoms with E-state index in [1.807, 2.05) is 0 Å². The zero-order valence-electron chi connectivity index (χ0n) is 8.18. The molecule has 0 N–H and O–H groups in total. The minimum absolute atomic E-state index is 0.0363. The SMILES string of the molecule is C#CCN(CC1CC1)C(=O)CC(F)(F)F. The number of rotatable bonds is 4.